The van der Waals surface area contributed by atoms with Gasteiger partial charge in [-0.3, -0.25) is 0 Å². The lowest BCUT2D eigenvalue weighted by molar-refractivity contribution is 0.414. The van der Waals surface area contributed by atoms with Crippen molar-refractivity contribution in [3.63, 3.8) is 0 Å². The third-order valence-corrected chi connectivity index (χ3v) is 3.61. The predicted octanol–water partition coefficient (Wildman–Crippen LogP) is 4.45. The zero-order valence-corrected chi connectivity index (χ0v) is 12.6. The van der Waals surface area contributed by atoms with Crippen LogP contribution in [0.4, 0.5) is 4.39 Å². The number of rotatable bonds is 4. The summed E-state index contributed by atoms with van der Waals surface area (Å²) in [5.74, 6) is 0.231. The molecule has 0 bridgehead atoms. The van der Waals surface area contributed by atoms with Gasteiger partial charge in [0.1, 0.15) is 11.6 Å². The van der Waals surface area contributed by atoms with Gasteiger partial charge in [0.25, 0.3) is 0 Å². The molecule has 2 nitrogen and oxygen atoms in total. The lowest BCUT2D eigenvalue weighted by Gasteiger charge is -2.19. The van der Waals surface area contributed by atoms with E-state index in [2.05, 4.69) is 5.32 Å². The molecule has 0 aromatic heterocycles. The molecule has 1 unspecified atom stereocenters. The van der Waals surface area contributed by atoms with E-state index in [1.807, 2.05) is 6.07 Å². The topological polar surface area (TPSA) is 21.3 Å². The molecule has 2 rings (SSSR count). The van der Waals surface area contributed by atoms with E-state index in [0.29, 0.717) is 21.4 Å². The predicted molar refractivity (Wildman–Crippen MR) is 80.3 cm³/mol. The normalized spacial score (nSPS) is 12.2. The van der Waals surface area contributed by atoms with Crippen LogP contribution < -0.4 is 10.1 Å². The molecule has 0 saturated heterocycles. The fraction of sp³-hybridized carbons (Fsp3) is 0.200. The summed E-state index contributed by atoms with van der Waals surface area (Å²) in [6.07, 6.45) is 0. The third kappa shape index (κ3) is 3.06. The largest absolute Gasteiger partial charge is 0.495 e. The van der Waals surface area contributed by atoms with Crippen LogP contribution in [-0.4, -0.2) is 14.2 Å². The summed E-state index contributed by atoms with van der Waals surface area (Å²) in [6.45, 7) is 0. The van der Waals surface area contributed by atoms with Crippen molar-refractivity contribution in [3.05, 3.63) is 63.4 Å². The van der Waals surface area contributed by atoms with Crippen LogP contribution >= 0.6 is 23.2 Å². The Kier molecular flexibility index (Phi) is 4.86. The molecule has 1 atom stereocenters. The van der Waals surface area contributed by atoms with E-state index in [-0.39, 0.29) is 11.9 Å². The maximum Gasteiger partial charge on any atom is 0.137 e. The van der Waals surface area contributed by atoms with E-state index < -0.39 is 0 Å². The highest BCUT2D eigenvalue weighted by atomic mass is 35.5. The van der Waals surface area contributed by atoms with Crippen molar-refractivity contribution in [1.82, 2.24) is 5.32 Å². The summed E-state index contributed by atoms with van der Waals surface area (Å²) >= 11 is 12.0. The Morgan fingerprint density at radius 3 is 2.55 bits per heavy atom. The molecule has 0 aliphatic carbocycles. The first-order chi connectivity index (χ1) is 9.56. The average molecular weight is 314 g/mol. The minimum atomic E-state index is -0.333. The molecule has 0 heterocycles. The van der Waals surface area contributed by atoms with Crippen molar-refractivity contribution < 1.29 is 9.13 Å². The number of halogens is 3. The van der Waals surface area contributed by atoms with Gasteiger partial charge in [0, 0.05) is 10.6 Å². The van der Waals surface area contributed by atoms with Crippen molar-refractivity contribution in [1.29, 1.82) is 0 Å². The van der Waals surface area contributed by atoms with Crippen LogP contribution in [0.1, 0.15) is 17.2 Å². The molecule has 5 heteroatoms. The molecule has 1 N–H and O–H groups in total. The van der Waals surface area contributed by atoms with Crippen LogP contribution in [0.5, 0.6) is 5.75 Å². The van der Waals surface area contributed by atoms with E-state index in [4.69, 9.17) is 27.9 Å². The molecule has 0 aliphatic rings. The minimum absolute atomic E-state index is 0.317. The SMILES string of the molecule is CNC(c1ccc(Cl)c(OC)c1)c1cc(Cl)ccc1F. The van der Waals surface area contributed by atoms with Gasteiger partial charge in [-0.15, -0.1) is 0 Å². The van der Waals surface area contributed by atoms with E-state index in [1.54, 1.807) is 32.4 Å². The van der Waals surface area contributed by atoms with Gasteiger partial charge < -0.3 is 10.1 Å². The van der Waals surface area contributed by atoms with Crippen molar-refractivity contribution in [2.45, 2.75) is 6.04 Å². The second kappa shape index (κ2) is 6.44. The van der Waals surface area contributed by atoms with Gasteiger partial charge in [-0.1, -0.05) is 29.3 Å². The maximum absolute atomic E-state index is 14.0. The zero-order chi connectivity index (χ0) is 14.7. The van der Waals surface area contributed by atoms with Crippen LogP contribution in [0.15, 0.2) is 36.4 Å². The number of ether oxygens (including phenoxy) is 1. The molecule has 0 saturated carbocycles. The standard InChI is InChI=1S/C15H14Cl2FNO/c1-19-15(11-8-10(16)4-6-13(11)18)9-3-5-12(17)14(7-9)20-2/h3-8,15,19H,1-2H3. The van der Waals surface area contributed by atoms with Gasteiger partial charge in [0.05, 0.1) is 18.2 Å². The summed E-state index contributed by atoms with van der Waals surface area (Å²) in [7, 11) is 3.30. The average Bonchev–Trinajstić information content (AvgIpc) is 2.45. The lowest BCUT2D eigenvalue weighted by atomic mass is 9.98. The minimum Gasteiger partial charge on any atom is -0.495 e. The van der Waals surface area contributed by atoms with Crippen molar-refractivity contribution >= 4 is 23.2 Å². The fourth-order valence-electron chi connectivity index (χ4n) is 2.09. The first-order valence-corrected chi connectivity index (χ1v) is 6.78. The van der Waals surface area contributed by atoms with Gasteiger partial charge >= 0.3 is 0 Å². The highest BCUT2D eigenvalue weighted by Gasteiger charge is 2.18. The quantitative estimate of drug-likeness (QED) is 0.900. The molecule has 106 valence electrons. The molecule has 0 aliphatic heterocycles. The smallest absolute Gasteiger partial charge is 0.137 e. The Hall–Kier alpha value is -1.29. The van der Waals surface area contributed by atoms with Gasteiger partial charge in [-0.05, 0) is 42.9 Å². The molecule has 2 aromatic carbocycles. The highest BCUT2D eigenvalue weighted by molar-refractivity contribution is 6.32. The molecule has 20 heavy (non-hydrogen) atoms. The Morgan fingerprint density at radius 2 is 1.90 bits per heavy atom. The second-order valence-electron chi connectivity index (χ2n) is 4.28. The molecule has 0 fully saturated rings. The van der Waals surface area contributed by atoms with E-state index >= 15 is 0 Å². The maximum atomic E-state index is 14.0. The molecular formula is C15H14Cl2FNO. The Morgan fingerprint density at radius 1 is 1.15 bits per heavy atom. The Labute approximate surface area is 127 Å². The first kappa shape index (κ1) is 15.1. The van der Waals surface area contributed by atoms with Crippen molar-refractivity contribution in [2.75, 3.05) is 14.2 Å². The van der Waals surface area contributed by atoms with E-state index in [0.717, 1.165) is 5.56 Å². The van der Waals surface area contributed by atoms with E-state index in [1.165, 1.54) is 12.1 Å². The van der Waals surface area contributed by atoms with Gasteiger partial charge in [-0.25, -0.2) is 4.39 Å². The number of hydrogen-bond acceptors (Lipinski definition) is 2. The van der Waals surface area contributed by atoms with Crippen LogP contribution in [-0.2, 0) is 0 Å². The zero-order valence-electron chi connectivity index (χ0n) is 11.1. The summed E-state index contributed by atoms with van der Waals surface area (Å²) in [4.78, 5) is 0. The summed E-state index contributed by atoms with van der Waals surface area (Å²) in [5, 5.41) is 4.08. The van der Waals surface area contributed by atoms with Crippen LogP contribution in [0.2, 0.25) is 10.0 Å². The fourth-order valence-corrected chi connectivity index (χ4v) is 2.47. The highest BCUT2D eigenvalue weighted by Crippen LogP contribution is 2.32. The molecule has 2 aromatic rings. The van der Waals surface area contributed by atoms with Crippen LogP contribution in [0.25, 0.3) is 0 Å². The second-order valence-corrected chi connectivity index (χ2v) is 5.13. The number of benzene rings is 2. The van der Waals surface area contributed by atoms with Gasteiger partial charge in [0.15, 0.2) is 0 Å². The van der Waals surface area contributed by atoms with Gasteiger partial charge in [-0.2, -0.15) is 0 Å². The van der Waals surface area contributed by atoms with E-state index in [9.17, 15) is 4.39 Å². The molecule has 0 spiro atoms. The Balaban J connectivity index is 2.49. The monoisotopic (exact) mass is 313 g/mol. The molecule has 0 amide bonds. The number of nitrogens with one attached hydrogen (secondary N) is 1. The number of methoxy groups -OCH3 is 1. The van der Waals surface area contributed by atoms with Gasteiger partial charge in [0.2, 0.25) is 0 Å². The van der Waals surface area contributed by atoms with Crippen LogP contribution in [0, 0.1) is 5.82 Å². The van der Waals surface area contributed by atoms with Crippen molar-refractivity contribution in [3.8, 4) is 5.75 Å². The molecular weight excluding hydrogens is 300 g/mol. The first-order valence-electron chi connectivity index (χ1n) is 6.02. The summed E-state index contributed by atoms with van der Waals surface area (Å²) in [5.41, 5.74) is 1.32. The Bertz CT molecular complexity index is 619. The lowest BCUT2D eigenvalue weighted by Crippen LogP contribution is -2.19. The molecule has 0 radical (unpaired) electrons. The van der Waals surface area contributed by atoms with Crippen molar-refractivity contribution in [2.24, 2.45) is 0 Å². The number of hydrogen-bond donors (Lipinski definition) is 1. The van der Waals surface area contributed by atoms with Crippen LogP contribution in [0.3, 0.4) is 0 Å². The third-order valence-electron chi connectivity index (χ3n) is 3.07. The summed E-state index contributed by atoms with van der Waals surface area (Å²) < 4.78 is 19.2. The summed E-state index contributed by atoms with van der Waals surface area (Å²) in [6, 6.07) is 9.49.